The molecule has 0 saturated carbocycles. The fraction of sp³-hybridized carbons (Fsp3) is 0.217. The van der Waals surface area contributed by atoms with Crippen LogP contribution < -0.4 is 20.9 Å². The van der Waals surface area contributed by atoms with Gasteiger partial charge in [0.15, 0.2) is 17.4 Å². The second-order valence-corrected chi connectivity index (χ2v) is 7.80. The van der Waals surface area contributed by atoms with Gasteiger partial charge in [-0.3, -0.25) is 14.3 Å². The average Bonchev–Trinajstić information content (AvgIpc) is 2.84. The number of aromatic nitrogens is 3. The summed E-state index contributed by atoms with van der Waals surface area (Å²) in [6, 6.07) is 4.92. The monoisotopic (exact) mass is 486 g/mol. The summed E-state index contributed by atoms with van der Waals surface area (Å²) in [4.78, 5) is 46.4. The highest BCUT2D eigenvalue weighted by molar-refractivity contribution is 5.97. The maximum Gasteiger partial charge on any atom is 0.336 e. The number of anilines is 1. The smallest absolute Gasteiger partial charge is 0.336 e. The Bertz CT molecular complexity index is 1440. The van der Waals surface area contributed by atoms with Crippen LogP contribution in [0.2, 0.25) is 0 Å². The third-order valence-corrected chi connectivity index (χ3v) is 5.37. The number of phenols is 1. The molecule has 1 aliphatic heterocycles. The number of pyridine rings is 1. The molecule has 0 atom stereocenters. The third kappa shape index (κ3) is 4.76. The molecule has 0 fully saturated rings. The zero-order chi connectivity index (χ0) is 25.3. The number of likely N-dealkylation sites (N-methyl/N-ethyl adjacent to an activating group) is 1. The van der Waals surface area contributed by atoms with Crippen molar-refractivity contribution in [1.29, 1.82) is 0 Å². The first-order chi connectivity index (χ1) is 16.7. The number of hydrogen-bond donors (Lipinski definition) is 2. The molecule has 12 heteroatoms. The molecule has 0 unspecified atom stereocenters. The lowest BCUT2D eigenvalue weighted by Gasteiger charge is -2.26. The van der Waals surface area contributed by atoms with Gasteiger partial charge in [-0.25, -0.2) is 23.4 Å². The van der Waals surface area contributed by atoms with E-state index < -0.39 is 41.1 Å². The number of esters is 1. The maximum atomic E-state index is 13.7. The number of methoxy groups -OCH3 is 1. The van der Waals surface area contributed by atoms with E-state index in [2.05, 4.69) is 9.97 Å². The second-order valence-electron chi connectivity index (χ2n) is 7.80. The number of carbonyl (C=O) groups is 1. The van der Waals surface area contributed by atoms with Gasteiger partial charge in [0.25, 0.3) is 5.56 Å². The summed E-state index contributed by atoms with van der Waals surface area (Å²) in [5.74, 6) is -3.72. The molecule has 35 heavy (non-hydrogen) atoms. The number of nitrogens with one attached hydrogen (secondary N) is 1. The van der Waals surface area contributed by atoms with Crippen LogP contribution >= 0.6 is 0 Å². The molecule has 3 aromatic rings. The Labute approximate surface area is 196 Å². The van der Waals surface area contributed by atoms with E-state index in [0.29, 0.717) is 11.4 Å². The lowest BCUT2D eigenvalue weighted by Crippen LogP contribution is -2.41. The minimum Gasteiger partial charge on any atom is -0.503 e. The molecule has 0 saturated heterocycles. The summed E-state index contributed by atoms with van der Waals surface area (Å²) in [5, 5.41) is 9.26. The van der Waals surface area contributed by atoms with Gasteiger partial charge in [0.2, 0.25) is 5.88 Å². The maximum absolute atomic E-state index is 13.7. The van der Waals surface area contributed by atoms with Gasteiger partial charge in [0, 0.05) is 19.3 Å². The lowest BCUT2D eigenvalue weighted by atomic mass is 10.1. The van der Waals surface area contributed by atoms with E-state index in [1.165, 1.54) is 24.3 Å². The van der Waals surface area contributed by atoms with Crippen LogP contribution in [0.3, 0.4) is 0 Å². The number of nitrogens with zero attached hydrogens (tertiary/aromatic N) is 3. The number of phenolic OH excluding ortho intramolecular Hbond substituents is 1. The lowest BCUT2D eigenvalue weighted by molar-refractivity contribution is -0.140. The van der Waals surface area contributed by atoms with Crippen molar-refractivity contribution < 1.29 is 28.2 Å². The van der Waals surface area contributed by atoms with Crippen LogP contribution in [-0.2, 0) is 22.7 Å². The summed E-state index contributed by atoms with van der Waals surface area (Å²) < 4.78 is 38.5. The standard InChI is InChI=1S/C23H20F2N4O6/c1-28-10-14(22(32)35-11-12-3-4-26-18(7-12)34-2)8-15-20(28)27-23(33)29(21(15)31)9-13-5-16(24)19(30)17(25)6-13/h3-8,30H,9-11H2,1-2H3,(H,27,33). The topological polar surface area (TPSA) is 127 Å². The van der Waals surface area contributed by atoms with E-state index in [4.69, 9.17) is 9.47 Å². The predicted molar refractivity (Wildman–Crippen MR) is 120 cm³/mol. The SMILES string of the molecule is COc1cc(COC(=O)C2=Cc3c([nH]c(=O)n(Cc4cc(F)c(O)c(F)c4)c3=O)N(C)C2)ccn1. The van der Waals surface area contributed by atoms with Crippen molar-refractivity contribution in [2.24, 2.45) is 0 Å². The normalized spacial score (nSPS) is 12.7. The number of rotatable bonds is 6. The van der Waals surface area contributed by atoms with E-state index in [0.717, 1.165) is 16.7 Å². The molecule has 4 rings (SSSR count). The molecule has 10 nitrogen and oxygen atoms in total. The summed E-state index contributed by atoms with van der Waals surface area (Å²) in [7, 11) is 3.04. The molecular weight excluding hydrogens is 466 g/mol. The fourth-order valence-electron chi connectivity index (χ4n) is 3.61. The van der Waals surface area contributed by atoms with Crippen LogP contribution in [0.25, 0.3) is 6.08 Å². The number of ether oxygens (including phenoxy) is 2. The Hall–Kier alpha value is -4.48. The van der Waals surface area contributed by atoms with Crippen molar-refractivity contribution in [3.8, 4) is 11.6 Å². The molecule has 0 aliphatic carbocycles. The molecule has 182 valence electrons. The van der Waals surface area contributed by atoms with Crippen LogP contribution in [0.4, 0.5) is 14.6 Å². The molecular formula is C23H20F2N4O6. The van der Waals surface area contributed by atoms with Gasteiger partial charge < -0.3 is 19.5 Å². The first-order valence-corrected chi connectivity index (χ1v) is 10.3. The minimum atomic E-state index is -1.22. The Kier molecular flexibility index (Phi) is 6.36. The molecule has 0 amide bonds. The molecule has 1 aliphatic rings. The summed E-state index contributed by atoms with van der Waals surface area (Å²) in [5.41, 5.74) is -0.802. The van der Waals surface area contributed by atoms with Gasteiger partial charge in [-0.15, -0.1) is 0 Å². The molecule has 2 N–H and O–H groups in total. The van der Waals surface area contributed by atoms with Gasteiger partial charge in [0.1, 0.15) is 12.4 Å². The third-order valence-electron chi connectivity index (χ3n) is 5.37. The number of halogens is 2. The number of fused-ring (bicyclic) bond motifs is 1. The highest BCUT2D eigenvalue weighted by Gasteiger charge is 2.25. The van der Waals surface area contributed by atoms with Crippen molar-refractivity contribution in [2.75, 3.05) is 25.6 Å². The first-order valence-electron chi connectivity index (χ1n) is 10.3. The highest BCUT2D eigenvalue weighted by Crippen LogP contribution is 2.24. The largest absolute Gasteiger partial charge is 0.503 e. The molecule has 1 aromatic carbocycles. The van der Waals surface area contributed by atoms with E-state index in [9.17, 15) is 28.3 Å². The predicted octanol–water partition coefficient (Wildman–Crippen LogP) is 1.55. The van der Waals surface area contributed by atoms with Gasteiger partial charge in [-0.05, 0) is 35.4 Å². The fourth-order valence-corrected chi connectivity index (χ4v) is 3.61. The number of benzene rings is 1. The Morgan fingerprint density at radius 2 is 1.91 bits per heavy atom. The quantitative estimate of drug-likeness (QED) is 0.503. The molecule has 0 bridgehead atoms. The Balaban J connectivity index is 1.63. The van der Waals surface area contributed by atoms with Crippen molar-refractivity contribution in [1.82, 2.24) is 14.5 Å². The van der Waals surface area contributed by atoms with Crippen LogP contribution in [0.15, 0.2) is 45.6 Å². The minimum absolute atomic E-state index is 0.00982. The first kappa shape index (κ1) is 23.7. The molecule has 2 aromatic heterocycles. The van der Waals surface area contributed by atoms with E-state index in [1.807, 2.05) is 0 Å². The number of aromatic amines is 1. The average molecular weight is 486 g/mol. The number of H-pyrrole nitrogens is 1. The highest BCUT2D eigenvalue weighted by atomic mass is 19.1. The van der Waals surface area contributed by atoms with Crippen molar-refractivity contribution in [2.45, 2.75) is 13.2 Å². The Morgan fingerprint density at radius 3 is 2.60 bits per heavy atom. The van der Waals surface area contributed by atoms with Crippen molar-refractivity contribution in [3.63, 3.8) is 0 Å². The molecule has 0 spiro atoms. The zero-order valence-corrected chi connectivity index (χ0v) is 18.7. The summed E-state index contributed by atoms with van der Waals surface area (Å²) in [6.45, 7) is -0.449. The zero-order valence-electron chi connectivity index (χ0n) is 18.7. The van der Waals surface area contributed by atoms with Crippen molar-refractivity contribution in [3.05, 3.63) is 85.2 Å². The van der Waals surface area contributed by atoms with Gasteiger partial charge in [0.05, 0.1) is 31.3 Å². The van der Waals surface area contributed by atoms with Gasteiger partial charge in [-0.2, -0.15) is 0 Å². The van der Waals surface area contributed by atoms with Gasteiger partial charge in [-0.1, -0.05) is 0 Å². The number of hydrogen-bond acceptors (Lipinski definition) is 8. The van der Waals surface area contributed by atoms with Crippen molar-refractivity contribution >= 4 is 17.9 Å². The second kappa shape index (κ2) is 9.41. The van der Waals surface area contributed by atoms with Crippen LogP contribution in [0.5, 0.6) is 11.6 Å². The number of carbonyl (C=O) groups excluding carboxylic acids is 1. The molecule has 0 radical (unpaired) electrons. The van der Waals surface area contributed by atoms with Crippen LogP contribution in [0.1, 0.15) is 16.7 Å². The van der Waals surface area contributed by atoms with E-state index in [-0.39, 0.29) is 35.7 Å². The Morgan fingerprint density at radius 1 is 1.20 bits per heavy atom. The van der Waals surface area contributed by atoms with E-state index >= 15 is 0 Å². The van der Waals surface area contributed by atoms with Crippen LogP contribution in [-0.4, -0.2) is 46.3 Å². The summed E-state index contributed by atoms with van der Waals surface area (Å²) in [6.07, 6.45) is 2.83. The number of aromatic hydroxyl groups is 1. The summed E-state index contributed by atoms with van der Waals surface area (Å²) >= 11 is 0. The molecule has 3 heterocycles. The van der Waals surface area contributed by atoms with Crippen LogP contribution in [0, 0.1) is 11.6 Å². The van der Waals surface area contributed by atoms with E-state index in [1.54, 1.807) is 19.2 Å². The van der Waals surface area contributed by atoms with Gasteiger partial charge >= 0.3 is 11.7 Å².